The number of hydrogen-bond acceptors (Lipinski definition) is 1. The monoisotopic (exact) mass is 206 g/mol. The molecule has 2 heteroatoms. The third-order valence-corrected chi connectivity index (χ3v) is 7.71. The van der Waals surface area contributed by atoms with Crippen LogP contribution in [0.15, 0.2) is 30.3 Å². The lowest BCUT2D eigenvalue weighted by atomic mass is 10.1. The molecule has 1 nitrogen and oxygen atoms in total. The van der Waals surface area contributed by atoms with Crippen molar-refractivity contribution >= 4 is 12.4 Å². The first-order valence-electron chi connectivity index (χ1n) is 5.43. The van der Waals surface area contributed by atoms with Crippen LogP contribution in [0.25, 0.3) is 0 Å². The van der Waals surface area contributed by atoms with E-state index in [9.17, 15) is 4.57 Å². The van der Waals surface area contributed by atoms with Gasteiger partial charge in [-0.1, -0.05) is 30.3 Å². The average Bonchev–Trinajstić information content (AvgIpc) is 2.79. The lowest BCUT2D eigenvalue weighted by molar-refractivity contribution is 0.562. The lowest BCUT2D eigenvalue weighted by Crippen LogP contribution is -2.15. The van der Waals surface area contributed by atoms with Gasteiger partial charge >= 0.3 is 0 Å². The van der Waals surface area contributed by atoms with Gasteiger partial charge in [0, 0.05) is 17.1 Å². The molecule has 74 valence electrons. The van der Waals surface area contributed by atoms with Crippen molar-refractivity contribution in [2.45, 2.75) is 24.9 Å². The lowest BCUT2D eigenvalue weighted by Gasteiger charge is -2.22. The van der Waals surface area contributed by atoms with Crippen molar-refractivity contribution in [1.82, 2.24) is 0 Å². The molecule has 1 aliphatic heterocycles. The molecular weight excluding hydrogens is 191 g/mol. The van der Waals surface area contributed by atoms with Gasteiger partial charge in [-0.2, -0.15) is 0 Å². The van der Waals surface area contributed by atoms with E-state index < -0.39 is 7.14 Å². The molecule has 14 heavy (non-hydrogen) atoms. The standard InChI is InChI=1S/C12H15OP/c13-14(11-4-2-1-3-5-11)9-10-6-7-12(14)8-10/h1-5,10,12H,6-9H2/t10-,12+,14+/m0/s1. The number of rotatable bonds is 1. The van der Waals surface area contributed by atoms with Gasteiger partial charge < -0.3 is 4.57 Å². The molecule has 1 saturated carbocycles. The van der Waals surface area contributed by atoms with Gasteiger partial charge in [-0.3, -0.25) is 0 Å². The minimum atomic E-state index is -1.98. The fourth-order valence-electron chi connectivity index (χ4n) is 3.12. The van der Waals surface area contributed by atoms with E-state index in [1.54, 1.807) is 0 Å². The molecule has 1 heterocycles. The van der Waals surface area contributed by atoms with Crippen LogP contribution in [0, 0.1) is 5.92 Å². The van der Waals surface area contributed by atoms with E-state index in [-0.39, 0.29) is 0 Å². The third kappa shape index (κ3) is 1.12. The summed E-state index contributed by atoms with van der Waals surface area (Å²) in [5.41, 5.74) is 0.523. The van der Waals surface area contributed by atoms with E-state index in [1.165, 1.54) is 19.3 Å². The van der Waals surface area contributed by atoms with Crippen LogP contribution in [0.4, 0.5) is 0 Å². The SMILES string of the molecule is O=[P@@]1(c2ccccc2)C[C@H]2CC[C@@H]1C2. The number of hydrogen-bond donors (Lipinski definition) is 0. The Balaban J connectivity index is 2.03. The molecule has 2 bridgehead atoms. The van der Waals surface area contributed by atoms with Crippen molar-refractivity contribution < 1.29 is 4.57 Å². The molecule has 0 unspecified atom stereocenters. The van der Waals surface area contributed by atoms with Gasteiger partial charge in [0.1, 0.15) is 7.14 Å². The zero-order chi connectivity index (χ0) is 9.60. The van der Waals surface area contributed by atoms with Crippen LogP contribution in [-0.4, -0.2) is 11.8 Å². The van der Waals surface area contributed by atoms with Crippen LogP contribution in [0.5, 0.6) is 0 Å². The van der Waals surface area contributed by atoms with Gasteiger partial charge in [0.05, 0.1) is 0 Å². The highest BCUT2D eigenvalue weighted by molar-refractivity contribution is 7.72. The second-order valence-electron chi connectivity index (χ2n) is 4.65. The fraction of sp³-hybridized carbons (Fsp3) is 0.500. The second kappa shape index (κ2) is 2.97. The highest BCUT2D eigenvalue weighted by Crippen LogP contribution is 2.65. The van der Waals surface area contributed by atoms with Gasteiger partial charge in [-0.15, -0.1) is 0 Å². The maximum atomic E-state index is 12.8. The smallest absolute Gasteiger partial charge is 0.118 e. The average molecular weight is 206 g/mol. The van der Waals surface area contributed by atoms with Crippen LogP contribution in [0.1, 0.15) is 19.3 Å². The van der Waals surface area contributed by atoms with Gasteiger partial charge in [-0.05, 0) is 25.2 Å². The topological polar surface area (TPSA) is 17.1 Å². The van der Waals surface area contributed by atoms with Crippen molar-refractivity contribution in [3.63, 3.8) is 0 Å². The zero-order valence-electron chi connectivity index (χ0n) is 8.23. The molecule has 0 aromatic heterocycles. The van der Waals surface area contributed by atoms with E-state index in [4.69, 9.17) is 0 Å². The molecule has 0 amide bonds. The largest absolute Gasteiger partial charge is 0.318 e. The molecule has 1 saturated heterocycles. The molecule has 2 fully saturated rings. The summed E-state index contributed by atoms with van der Waals surface area (Å²) in [5, 5.41) is 1.13. The van der Waals surface area contributed by atoms with E-state index in [0.717, 1.165) is 17.4 Å². The third-order valence-electron chi connectivity index (χ3n) is 3.83. The summed E-state index contributed by atoms with van der Waals surface area (Å²) in [6, 6.07) is 10.1. The first-order chi connectivity index (χ1) is 6.79. The van der Waals surface area contributed by atoms with E-state index in [0.29, 0.717) is 5.66 Å². The number of benzene rings is 1. The summed E-state index contributed by atoms with van der Waals surface area (Å²) in [7, 11) is -1.98. The van der Waals surface area contributed by atoms with E-state index >= 15 is 0 Å². The Morgan fingerprint density at radius 2 is 1.93 bits per heavy atom. The van der Waals surface area contributed by atoms with Crippen molar-refractivity contribution in [2.24, 2.45) is 5.92 Å². The van der Waals surface area contributed by atoms with Gasteiger partial charge in [0.15, 0.2) is 0 Å². The maximum Gasteiger partial charge on any atom is 0.118 e. The Morgan fingerprint density at radius 3 is 2.50 bits per heavy atom. The highest BCUT2D eigenvalue weighted by atomic mass is 31.2. The van der Waals surface area contributed by atoms with Crippen LogP contribution in [0.2, 0.25) is 0 Å². The van der Waals surface area contributed by atoms with Crippen LogP contribution < -0.4 is 5.30 Å². The predicted octanol–water partition coefficient (Wildman–Crippen LogP) is 2.86. The van der Waals surface area contributed by atoms with Crippen molar-refractivity contribution in [3.8, 4) is 0 Å². The summed E-state index contributed by atoms with van der Waals surface area (Å²) in [4.78, 5) is 0. The molecule has 0 radical (unpaired) electrons. The summed E-state index contributed by atoms with van der Waals surface area (Å²) in [6.07, 6.45) is 4.74. The molecule has 1 aliphatic carbocycles. The van der Waals surface area contributed by atoms with Gasteiger partial charge in [0.25, 0.3) is 0 Å². The molecule has 1 aromatic carbocycles. The molecule has 1 aromatic rings. The Kier molecular flexibility index (Phi) is 1.85. The van der Waals surface area contributed by atoms with Crippen molar-refractivity contribution in [1.29, 1.82) is 0 Å². The highest BCUT2D eigenvalue weighted by Gasteiger charge is 2.48. The minimum absolute atomic E-state index is 0.523. The maximum absolute atomic E-state index is 12.8. The van der Waals surface area contributed by atoms with Crippen molar-refractivity contribution in [3.05, 3.63) is 30.3 Å². The Morgan fingerprint density at radius 1 is 1.14 bits per heavy atom. The Labute approximate surface area is 84.9 Å². The number of fused-ring (bicyclic) bond motifs is 2. The Bertz CT molecular complexity index is 385. The summed E-state index contributed by atoms with van der Waals surface area (Å²) in [5.74, 6) is 0.769. The second-order valence-corrected chi connectivity index (χ2v) is 7.85. The van der Waals surface area contributed by atoms with Gasteiger partial charge in [0.2, 0.25) is 0 Å². The first kappa shape index (κ1) is 8.73. The normalized spacial score (nSPS) is 40.3. The molecule has 3 rings (SSSR count). The fourth-order valence-corrected chi connectivity index (χ4v) is 7.03. The predicted molar refractivity (Wildman–Crippen MR) is 59.7 cm³/mol. The quantitative estimate of drug-likeness (QED) is 0.646. The minimum Gasteiger partial charge on any atom is -0.318 e. The molecule has 2 aliphatic rings. The summed E-state index contributed by atoms with van der Waals surface area (Å²) in [6.45, 7) is 0. The molecule has 0 spiro atoms. The first-order valence-corrected chi connectivity index (χ1v) is 7.39. The Hall–Kier alpha value is -0.550. The van der Waals surface area contributed by atoms with Crippen LogP contribution in [0.3, 0.4) is 0 Å². The summed E-state index contributed by atoms with van der Waals surface area (Å²) < 4.78 is 12.8. The van der Waals surface area contributed by atoms with E-state index in [2.05, 4.69) is 12.1 Å². The zero-order valence-corrected chi connectivity index (χ0v) is 9.12. The van der Waals surface area contributed by atoms with Gasteiger partial charge in [-0.25, -0.2) is 0 Å². The molecule has 0 N–H and O–H groups in total. The molecule has 3 atom stereocenters. The van der Waals surface area contributed by atoms with Crippen LogP contribution >= 0.6 is 7.14 Å². The van der Waals surface area contributed by atoms with Crippen molar-refractivity contribution in [2.75, 3.05) is 6.16 Å². The van der Waals surface area contributed by atoms with E-state index in [1.807, 2.05) is 18.2 Å². The summed E-state index contributed by atoms with van der Waals surface area (Å²) >= 11 is 0. The molecular formula is C12H15OP. The van der Waals surface area contributed by atoms with Crippen LogP contribution in [-0.2, 0) is 4.57 Å².